The molecule has 1 unspecified atom stereocenters. The fourth-order valence-electron chi connectivity index (χ4n) is 0.866. The van der Waals surface area contributed by atoms with Gasteiger partial charge in [-0.1, -0.05) is 4.49 Å². The minimum absolute atomic E-state index is 0.249. The lowest BCUT2D eigenvalue weighted by Gasteiger charge is -2.00. The zero-order valence-electron chi connectivity index (χ0n) is 5.48. The Bertz CT molecular complexity index is 261. The lowest BCUT2D eigenvalue weighted by Crippen LogP contribution is -2.12. The first-order valence-corrected chi connectivity index (χ1v) is 3.91. The number of ether oxygens (including phenoxy) is 1. The normalized spacial score (nSPS) is 22.9. The van der Waals surface area contributed by atoms with Crippen molar-refractivity contribution in [3.8, 4) is 0 Å². The molecule has 1 amide bonds. The Morgan fingerprint density at radius 1 is 1.82 bits per heavy atom. The minimum Gasteiger partial charge on any atom is -0.438 e. The van der Waals surface area contributed by atoms with Gasteiger partial charge in [0.05, 0.1) is 6.54 Å². The van der Waals surface area contributed by atoms with Crippen LogP contribution in [-0.2, 0) is 4.74 Å². The fourth-order valence-corrected chi connectivity index (χ4v) is 1.36. The largest absolute Gasteiger partial charge is 0.438 e. The molecule has 1 atom stereocenters. The third-order valence-corrected chi connectivity index (χ3v) is 1.91. The molecule has 1 aliphatic heterocycles. The SMILES string of the molecule is O=C1NCC(c2csnn2)O1. The highest BCUT2D eigenvalue weighted by Crippen LogP contribution is 2.18. The van der Waals surface area contributed by atoms with Gasteiger partial charge >= 0.3 is 6.09 Å². The lowest BCUT2D eigenvalue weighted by atomic mass is 10.3. The highest BCUT2D eigenvalue weighted by atomic mass is 32.1. The van der Waals surface area contributed by atoms with E-state index in [0.29, 0.717) is 12.2 Å². The summed E-state index contributed by atoms with van der Waals surface area (Å²) < 4.78 is 8.52. The maximum atomic E-state index is 10.6. The van der Waals surface area contributed by atoms with Gasteiger partial charge in [-0.15, -0.1) is 5.10 Å². The molecule has 1 N–H and O–H groups in total. The molecule has 2 rings (SSSR count). The van der Waals surface area contributed by atoms with E-state index in [9.17, 15) is 4.79 Å². The van der Waals surface area contributed by atoms with Crippen LogP contribution in [0.5, 0.6) is 0 Å². The van der Waals surface area contributed by atoms with E-state index in [2.05, 4.69) is 14.9 Å². The number of nitrogens with one attached hydrogen (secondary N) is 1. The molecule has 11 heavy (non-hydrogen) atoms. The Balaban J connectivity index is 2.13. The zero-order chi connectivity index (χ0) is 7.68. The molecule has 1 fully saturated rings. The second-order valence-electron chi connectivity index (χ2n) is 2.10. The molecule has 2 heterocycles. The van der Waals surface area contributed by atoms with Gasteiger partial charge in [0.1, 0.15) is 5.69 Å². The maximum Gasteiger partial charge on any atom is 0.408 e. The second-order valence-corrected chi connectivity index (χ2v) is 2.71. The summed E-state index contributed by atoms with van der Waals surface area (Å²) in [5, 5.41) is 8.09. The van der Waals surface area contributed by atoms with E-state index in [1.54, 1.807) is 5.38 Å². The number of cyclic esters (lactones) is 1. The minimum atomic E-state index is -0.386. The Hall–Kier alpha value is -1.17. The number of rotatable bonds is 1. The molecule has 0 aromatic carbocycles. The average molecular weight is 171 g/mol. The highest BCUT2D eigenvalue weighted by molar-refractivity contribution is 7.03. The molecule has 1 aromatic heterocycles. The Labute approximate surface area is 66.5 Å². The maximum absolute atomic E-state index is 10.6. The molecule has 1 aromatic rings. The third-order valence-electron chi connectivity index (χ3n) is 1.39. The fraction of sp³-hybridized carbons (Fsp3) is 0.400. The Morgan fingerprint density at radius 2 is 2.73 bits per heavy atom. The van der Waals surface area contributed by atoms with Gasteiger partial charge in [-0.2, -0.15) is 0 Å². The van der Waals surface area contributed by atoms with Crippen molar-refractivity contribution >= 4 is 17.6 Å². The van der Waals surface area contributed by atoms with Crippen molar-refractivity contribution < 1.29 is 9.53 Å². The lowest BCUT2D eigenvalue weighted by molar-refractivity contribution is 0.139. The summed E-state index contributed by atoms with van der Waals surface area (Å²) in [5.74, 6) is 0. The predicted molar refractivity (Wildman–Crippen MR) is 37.1 cm³/mol. The first kappa shape index (κ1) is 6.53. The van der Waals surface area contributed by atoms with Crippen molar-refractivity contribution in [1.82, 2.24) is 14.9 Å². The van der Waals surface area contributed by atoms with Gasteiger partial charge in [-0.25, -0.2) is 4.79 Å². The van der Waals surface area contributed by atoms with Crippen LogP contribution in [0.2, 0.25) is 0 Å². The second kappa shape index (κ2) is 2.46. The molecule has 0 aliphatic carbocycles. The molecule has 1 aliphatic rings. The van der Waals surface area contributed by atoms with Gasteiger partial charge in [-0.05, 0) is 11.5 Å². The van der Waals surface area contributed by atoms with Crippen LogP contribution in [0.15, 0.2) is 5.38 Å². The molecule has 5 nitrogen and oxygen atoms in total. The van der Waals surface area contributed by atoms with E-state index in [1.807, 2.05) is 0 Å². The quantitative estimate of drug-likeness (QED) is 0.660. The van der Waals surface area contributed by atoms with E-state index in [0.717, 1.165) is 0 Å². The highest BCUT2D eigenvalue weighted by Gasteiger charge is 2.25. The van der Waals surface area contributed by atoms with Crippen molar-refractivity contribution in [3.63, 3.8) is 0 Å². The number of nitrogens with zero attached hydrogens (tertiary/aromatic N) is 2. The summed E-state index contributed by atoms with van der Waals surface area (Å²) in [4.78, 5) is 10.6. The van der Waals surface area contributed by atoms with E-state index in [4.69, 9.17) is 4.74 Å². The van der Waals surface area contributed by atoms with E-state index in [1.165, 1.54) is 11.5 Å². The van der Waals surface area contributed by atoms with Gasteiger partial charge in [0, 0.05) is 5.38 Å². The van der Waals surface area contributed by atoms with Crippen LogP contribution in [-0.4, -0.2) is 22.2 Å². The van der Waals surface area contributed by atoms with Crippen LogP contribution in [0.3, 0.4) is 0 Å². The molecule has 58 valence electrons. The number of hydrogen-bond acceptors (Lipinski definition) is 5. The van der Waals surface area contributed by atoms with Crippen molar-refractivity contribution in [1.29, 1.82) is 0 Å². The molecule has 1 saturated heterocycles. The molecule has 0 radical (unpaired) electrons. The van der Waals surface area contributed by atoms with Crippen molar-refractivity contribution in [2.24, 2.45) is 0 Å². The number of carbonyl (C=O) groups excluding carboxylic acids is 1. The van der Waals surface area contributed by atoms with Crippen LogP contribution >= 0.6 is 11.5 Å². The van der Waals surface area contributed by atoms with E-state index in [-0.39, 0.29) is 12.2 Å². The van der Waals surface area contributed by atoms with Crippen LogP contribution < -0.4 is 5.32 Å². The van der Waals surface area contributed by atoms with Crippen molar-refractivity contribution in [2.45, 2.75) is 6.10 Å². The number of aromatic nitrogens is 2. The van der Waals surface area contributed by atoms with Gasteiger partial charge < -0.3 is 10.1 Å². The van der Waals surface area contributed by atoms with Crippen molar-refractivity contribution in [3.05, 3.63) is 11.1 Å². The number of alkyl carbamates (subject to hydrolysis) is 1. The zero-order valence-corrected chi connectivity index (χ0v) is 6.30. The summed E-state index contributed by atoms with van der Waals surface area (Å²) >= 11 is 1.25. The van der Waals surface area contributed by atoms with Gasteiger partial charge in [-0.3, -0.25) is 0 Å². The first-order valence-electron chi connectivity index (χ1n) is 3.07. The van der Waals surface area contributed by atoms with Crippen LogP contribution in [0.4, 0.5) is 4.79 Å². The van der Waals surface area contributed by atoms with Crippen molar-refractivity contribution in [2.75, 3.05) is 6.54 Å². The average Bonchev–Trinajstić information content (AvgIpc) is 2.55. The topological polar surface area (TPSA) is 64.1 Å². The molecular weight excluding hydrogens is 166 g/mol. The van der Waals surface area contributed by atoms with Crippen LogP contribution in [0.25, 0.3) is 0 Å². The summed E-state index contributed by atoms with van der Waals surface area (Å²) in [5.41, 5.74) is 0.716. The Morgan fingerprint density at radius 3 is 3.27 bits per heavy atom. The predicted octanol–water partition coefficient (Wildman–Crippen LogP) is 0.319. The molecule has 0 spiro atoms. The van der Waals surface area contributed by atoms with Gasteiger partial charge in [0.25, 0.3) is 0 Å². The number of hydrogen-bond donors (Lipinski definition) is 1. The summed E-state index contributed by atoms with van der Waals surface area (Å²) in [6.45, 7) is 0.490. The molecule has 0 saturated carbocycles. The van der Waals surface area contributed by atoms with Crippen LogP contribution in [0, 0.1) is 0 Å². The smallest absolute Gasteiger partial charge is 0.408 e. The molecule has 6 heteroatoms. The summed E-state index contributed by atoms with van der Waals surface area (Å²) in [7, 11) is 0. The van der Waals surface area contributed by atoms with Crippen LogP contribution in [0.1, 0.15) is 11.8 Å². The molecular formula is C5H5N3O2S. The van der Waals surface area contributed by atoms with Gasteiger partial charge in [0.2, 0.25) is 0 Å². The summed E-state index contributed by atoms with van der Waals surface area (Å²) in [6, 6.07) is 0. The van der Waals surface area contributed by atoms with E-state index >= 15 is 0 Å². The monoisotopic (exact) mass is 171 g/mol. The van der Waals surface area contributed by atoms with E-state index < -0.39 is 0 Å². The van der Waals surface area contributed by atoms with Gasteiger partial charge in [0.15, 0.2) is 6.10 Å². The molecule has 0 bridgehead atoms. The third kappa shape index (κ3) is 1.16. The Kier molecular flexibility index (Phi) is 1.46. The standard InChI is InChI=1S/C5H5N3O2S/c9-5-6-1-4(10-5)3-2-11-8-7-3/h2,4H,1H2,(H,6,9). The first-order chi connectivity index (χ1) is 5.36. The number of carbonyl (C=O) groups is 1. The summed E-state index contributed by atoms with van der Waals surface area (Å²) in [6.07, 6.45) is -0.635. The number of amides is 1.